The van der Waals surface area contributed by atoms with Gasteiger partial charge in [-0.25, -0.2) is 9.59 Å². The molecule has 1 amide bonds. The van der Waals surface area contributed by atoms with Gasteiger partial charge in [0.1, 0.15) is 18.3 Å². The van der Waals surface area contributed by atoms with E-state index in [-0.39, 0.29) is 5.69 Å². The van der Waals surface area contributed by atoms with Gasteiger partial charge in [-0.15, -0.1) is 0 Å². The van der Waals surface area contributed by atoms with Gasteiger partial charge in [0.2, 0.25) is 5.91 Å². The number of H-pyrrole nitrogens is 1. The summed E-state index contributed by atoms with van der Waals surface area (Å²) in [5, 5.41) is 43.1. The summed E-state index contributed by atoms with van der Waals surface area (Å²) in [5.41, 5.74) is 5.52. The van der Waals surface area contributed by atoms with Crippen LogP contribution in [0.3, 0.4) is 0 Å². The molecule has 0 radical (unpaired) electrons. The monoisotopic (exact) mass is 478 g/mol. The van der Waals surface area contributed by atoms with Gasteiger partial charge in [-0.1, -0.05) is 37.3 Å². The Bertz CT molecular complexity index is 1090. The Balaban J connectivity index is 1.75. The zero-order valence-corrected chi connectivity index (χ0v) is 18.0. The van der Waals surface area contributed by atoms with E-state index >= 15 is 0 Å². The van der Waals surface area contributed by atoms with E-state index in [9.17, 15) is 39.6 Å². The third-order valence-corrected chi connectivity index (χ3v) is 5.84. The van der Waals surface area contributed by atoms with Gasteiger partial charge in [-0.05, 0) is 5.56 Å². The van der Waals surface area contributed by atoms with Crippen molar-refractivity contribution in [2.45, 2.75) is 49.7 Å². The van der Waals surface area contributed by atoms with Crippen LogP contribution in [0.1, 0.15) is 35.3 Å². The first-order chi connectivity index (χ1) is 16.1. The lowest BCUT2D eigenvalue weighted by Gasteiger charge is -2.28. The Hall–Kier alpha value is -3.36. The molecule has 1 aromatic heterocycles. The Kier molecular flexibility index (Phi) is 7.64. The second kappa shape index (κ2) is 10.3. The van der Waals surface area contributed by atoms with Crippen molar-refractivity contribution in [3.05, 3.63) is 58.3 Å². The van der Waals surface area contributed by atoms with E-state index in [0.717, 1.165) is 10.8 Å². The summed E-state index contributed by atoms with van der Waals surface area (Å²) in [7, 11) is 0. The molecular formula is C21H26N4O9. The van der Waals surface area contributed by atoms with Crippen molar-refractivity contribution in [1.29, 1.82) is 0 Å². The van der Waals surface area contributed by atoms with E-state index in [4.69, 9.17) is 10.5 Å². The van der Waals surface area contributed by atoms with Crippen LogP contribution in [-0.2, 0) is 14.3 Å². The number of nitrogens with two attached hydrogens (primary N) is 1. The zero-order chi connectivity index (χ0) is 25.2. The number of aliphatic hydroxyl groups is 3. The Morgan fingerprint density at radius 3 is 2.44 bits per heavy atom. The molecule has 1 fully saturated rings. The van der Waals surface area contributed by atoms with Crippen molar-refractivity contribution in [3.8, 4) is 0 Å². The number of carboxylic acid groups (broad SMARTS) is 1. The van der Waals surface area contributed by atoms with Crippen molar-refractivity contribution < 1.29 is 39.5 Å². The highest BCUT2D eigenvalue weighted by Gasteiger charge is 2.50. The van der Waals surface area contributed by atoms with Crippen LogP contribution in [0.25, 0.3) is 0 Å². The number of ether oxygens (including phenoxy) is 1. The van der Waals surface area contributed by atoms with Crippen LogP contribution in [0.2, 0.25) is 0 Å². The predicted molar refractivity (Wildman–Crippen MR) is 114 cm³/mol. The largest absolute Gasteiger partial charge is 0.480 e. The highest BCUT2D eigenvalue weighted by atomic mass is 16.6. The Labute approximate surface area is 192 Å². The lowest BCUT2D eigenvalue weighted by atomic mass is 9.90. The molecule has 1 aliphatic rings. The lowest BCUT2D eigenvalue weighted by molar-refractivity contribution is -0.149. The number of carbonyl (C=O) groups is 3. The standard InChI is InChI=1S/C21H26N4O9/c1-9(14(27)10-5-3-2-4-6-10)12(22)18(30)24-13(20(31)32)17-15(28)16(29)19(34-17)25-7-11(8-26)23-21(25)33/h2-9,12-17,19,27-29H,22H2,1H3,(H,23,33)(H,24,30)(H,31,32). The van der Waals surface area contributed by atoms with Crippen molar-refractivity contribution in [2.75, 3.05) is 0 Å². The molecule has 1 aromatic carbocycles. The van der Waals surface area contributed by atoms with Crippen LogP contribution in [0.15, 0.2) is 41.3 Å². The number of aromatic nitrogens is 2. The van der Waals surface area contributed by atoms with Crippen molar-refractivity contribution in [3.63, 3.8) is 0 Å². The number of aliphatic carboxylic acids is 1. The average molecular weight is 478 g/mol. The summed E-state index contributed by atoms with van der Waals surface area (Å²) in [6.07, 6.45) is -6.47. The van der Waals surface area contributed by atoms with Crippen LogP contribution >= 0.6 is 0 Å². The molecule has 3 rings (SSSR count). The third kappa shape index (κ3) is 4.93. The number of benzene rings is 1. The molecule has 13 nitrogen and oxygen atoms in total. The molecule has 0 spiro atoms. The fourth-order valence-electron chi connectivity index (χ4n) is 3.79. The number of hydrogen-bond acceptors (Lipinski definition) is 9. The first-order valence-electron chi connectivity index (χ1n) is 10.4. The van der Waals surface area contributed by atoms with Gasteiger partial charge in [0, 0.05) is 12.1 Å². The van der Waals surface area contributed by atoms with Crippen LogP contribution in [0.4, 0.5) is 0 Å². The second-order valence-corrected chi connectivity index (χ2v) is 8.08. The molecule has 13 heteroatoms. The van der Waals surface area contributed by atoms with E-state index in [2.05, 4.69) is 10.3 Å². The number of aromatic amines is 1. The van der Waals surface area contributed by atoms with Crippen LogP contribution in [0.5, 0.6) is 0 Å². The SMILES string of the molecule is CC(C(N)C(=O)NC(C(=O)O)C1OC(n2cc(C=O)[nH]c2=O)C(O)C1O)C(O)c1ccccc1. The molecule has 0 aliphatic carbocycles. The quantitative estimate of drug-likeness (QED) is 0.194. The van der Waals surface area contributed by atoms with Crippen molar-refractivity contribution >= 4 is 18.2 Å². The molecule has 8 atom stereocenters. The Morgan fingerprint density at radius 1 is 1.24 bits per heavy atom. The molecule has 0 bridgehead atoms. The van der Waals surface area contributed by atoms with Crippen LogP contribution in [0, 0.1) is 5.92 Å². The first-order valence-corrected chi connectivity index (χ1v) is 10.4. The maximum Gasteiger partial charge on any atom is 0.329 e. The highest BCUT2D eigenvalue weighted by Crippen LogP contribution is 2.31. The normalized spacial score (nSPS) is 25.8. The minimum atomic E-state index is -1.85. The number of carboxylic acids is 1. The smallest absolute Gasteiger partial charge is 0.329 e. The lowest BCUT2D eigenvalue weighted by Crippen LogP contribution is -2.57. The summed E-state index contributed by atoms with van der Waals surface area (Å²) >= 11 is 0. The molecule has 2 aromatic rings. The fourth-order valence-corrected chi connectivity index (χ4v) is 3.79. The van der Waals surface area contributed by atoms with Crippen molar-refractivity contribution in [2.24, 2.45) is 11.7 Å². The molecule has 8 unspecified atom stereocenters. The van der Waals surface area contributed by atoms with Crippen molar-refractivity contribution in [1.82, 2.24) is 14.9 Å². The number of rotatable bonds is 9. The number of nitrogens with zero attached hydrogens (tertiary/aromatic N) is 1. The molecular weight excluding hydrogens is 452 g/mol. The zero-order valence-electron chi connectivity index (χ0n) is 18.0. The molecule has 34 heavy (non-hydrogen) atoms. The molecule has 1 aliphatic heterocycles. The summed E-state index contributed by atoms with van der Waals surface area (Å²) < 4.78 is 6.23. The molecule has 184 valence electrons. The number of aliphatic hydroxyl groups excluding tert-OH is 3. The summed E-state index contributed by atoms with van der Waals surface area (Å²) in [6.45, 7) is 1.52. The van der Waals surface area contributed by atoms with Gasteiger partial charge < -0.3 is 41.2 Å². The minimum Gasteiger partial charge on any atom is -0.480 e. The van der Waals surface area contributed by atoms with E-state index in [1.807, 2.05) is 0 Å². The number of hydrogen-bond donors (Lipinski definition) is 7. The van der Waals surface area contributed by atoms with Gasteiger partial charge in [0.25, 0.3) is 0 Å². The highest BCUT2D eigenvalue weighted by molar-refractivity contribution is 5.87. The predicted octanol–water partition coefficient (Wildman–Crippen LogP) is -2.13. The number of nitrogens with one attached hydrogen (secondary N) is 2. The number of amides is 1. The average Bonchev–Trinajstić information content (AvgIpc) is 3.34. The maximum absolute atomic E-state index is 12.7. The van der Waals surface area contributed by atoms with Gasteiger partial charge in [0.15, 0.2) is 18.6 Å². The fraction of sp³-hybridized carbons (Fsp3) is 0.429. The Morgan fingerprint density at radius 2 is 1.88 bits per heavy atom. The number of imidazole rings is 1. The van der Waals surface area contributed by atoms with E-state index < -0.39 is 66.2 Å². The summed E-state index contributed by atoms with van der Waals surface area (Å²) in [5.74, 6) is -3.35. The van der Waals surface area contributed by atoms with E-state index in [1.165, 1.54) is 6.92 Å². The van der Waals surface area contributed by atoms with E-state index in [1.54, 1.807) is 30.3 Å². The molecule has 0 saturated carbocycles. The van der Waals surface area contributed by atoms with E-state index in [0.29, 0.717) is 11.8 Å². The molecule has 8 N–H and O–H groups in total. The van der Waals surface area contributed by atoms with Gasteiger partial charge in [-0.2, -0.15) is 0 Å². The summed E-state index contributed by atoms with van der Waals surface area (Å²) in [4.78, 5) is 49.7. The second-order valence-electron chi connectivity index (χ2n) is 8.08. The van der Waals surface area contributed by atoms with Gasteiger partial charge >= 0.3 is 11.7 Å². The topological polar surface area (TPSA) is 217 Å². The minimum absolute atomic E-state index is 0.126. The van der Waals surface area contributed by atoms with Crippen LogP contribution in [-0.4, -0.2) is 78.5 Å². The van der Waals surface area contributed by atoms with Crippen LogP contribution < -0.4 is 16.7 Å². The number of aldehydes is 1. The number of carbonyl (C=O) groups excluding carboxylic acids is 2. The third-order valence-electron chi connectivity index (χ3n) is 5.84. The molecule has 1 saturated heterocycles. The van der Waals surface area contributed by atoms with Gasteiger partial charge in [-0.3, -0.25) is 14.2 Å². The molecule has 2 heterocycles. The first kappa shape index (κ1) is 25.3. The maximum atomic E-state index is 12.7. The summed E-state index contributed by atoms with van der Waals surface area (Å²) in [6, 6.07) is 5.26. The van der Waals surface area contributed by atoms with Gasteiger partial charge in [0.05, 0.1) is 17.8 Å².